The maximum absolute atomic E-state index is 14.9. The van der Waals surface area contributed by atoms with Gasteiger partial charge in [0.25, 0.3) is 0 Å². The minimum atomic E-state index is -0.741. The fourth-order valence-electron chi connectivity index (χ4n) is 8.38. The second-order valence-electron chi connectivity index (χ2n) is 14.8. The Bertz CT molecular complexity index is 1290. The van der Waals surface area contributed by atoms with Crippen molar-refractivity contribution < 1.29 is 24.2 Å². The third kappa shape index (κ3) is 6.44. The fourth-order valence-corrected chi connectivity index (χ4v) is 10.7. The zero-order chi connectivity index (χ0) is 33.4. The molecule has 5 atom stereocenters. The third-order valence-corrected chi connectivity index (χ3v) is 11.6. The number of fused-ring (bicyclic) bond motifs is 1. The molecule has 2 bridgehead atoms. The fraction of sp³-hybridized carbons (Fsp3) is 0.639. The van der Waals surface area contributed by atoms with E-state index in [2.05, 4.69) is 54.7 Å². The largest absolute Gasteiger partial charge is 0.494 e. The molecule has 0 radical (unpaired) electrons. The molecule has 3 fully saturated rings. The number of thioether (sulfide) groups is 1. The second-order valence-corrected chi connectivity index (χ2v) is 16.7. The number of rotatable bonds is 14. The van der Waals surface area contributed by atoms with Gasteiger partial charge >= 0.3 is 0 Å². The van der Waals surface area contributed by atoms with Crippen molar-refractivity contribution in [1.29, 1.82) is 0 Å². The van der Waals surface area contributed by atoms with Gasteiger partial charge in [0.05, 0.1) is 23.2 Å². The number of hydrogen-bond acceptors (Lipinski definition) is 6. The van der Waals surface area contributed by atoms with E-state index >= 15 is 0 Å². The summed E-state index contributed by atoms with van der Waals surface area (Å²) in [5, 5.41) is 9.78. The summed E-state index contributed by atoms with van der Waals surface area (Å²) in [4.78, 5) is 49.5. The molecule has 3 saturated heterocycles. The maximum atomic E-state index is 14.9. The lowest BCUT2D eigenvalue weighted by Crippen LogP contribution is -2.60. The number of anilines is 1. The van der Waals surface area contributed by atoms with E-state index in [1.807, 2.05) is 36.1 Å². The SMILES string of the molecule is C=CCN(C(=O)[C@@H]1[C@H]2C(=O)N(CCCO)C(C(=O)N(CC=C)C(C)(C)CC(C)(C)C)C23CC[C@@]1(C)S3)c1ccc(OCC)cc1. The summed E-state index contributed by atoms with van der Waals surface area (Å²) in [5.74, 6) is -0.919. The van der Waals surface area contributed by atoms with E-state index < -0.39 is 32.9 Å². The van der Waals surface area contributed by atoms with Crippen LogP contribution in [-0.4, -0.2) is 86.6 Å². The van der Waals surface area contributed by atoms with Crippen molar-refractivity contribution in [2.24, 2.45) is 17.3 Å². The first kappa shape index (κ1) is 35.1. The highest BCUT2D eigenvalue weighted by Gasteiger charge is 2.77. The smallest absolute Gasteiger partial charge is 0.247 e. The monoisotopic (exact) mass is 639 g/mol. The molecule has 1 spiro atoms. The van der Waals surface area contributed by atoms with E-state index in [1.165, 1.54) is 0 Å². The second kappa shape index (κ2) is 13.1. The number of carbonyl (C=O) groups is 3. The topological polar surface area (TPSA) is 90.4 Å². The van der Waals surface area contributed by atoms with E-state index in [4.69, 9.17) is 4.74 Å². The minimum Gasteiger partial charge on any atom is -0.494 e. The quantitative estimate of drug-likeness (QED) is 0.263. The van der Waals surface area contributed by atoms with Gasteiger partial charge in [-0.1, -0.05) is 32.9 Å². The Morgan fingerprint density at radius 2 is 1.73 bits per heavy atom. The van der Waals surface area contributed by atoms with Crippen molar-refractivity contribution >= 4 is 35.2 Å². The maximum Gasteiger partial charge on any atom is 0.247 e. The van der Waals surface area contributed by atoms with Gasteiger partial charge in [-0.2, -0.15) is 0 Å². The molecular formula is C36H53N3O5S. The Balaban J connectivity index is 1.78. The van der Waals surface area contributed by atoms with Crippen LogP contribution in [0.1, 0.15) is 74.1 Å². The van der Waals surface area contributed by atoms with Crippen molar-refractivity contribution in [1.82, 2.24) is 9.80 Å². The molecule has 8 nitrogen and oxygen atoms in total. The first-order chi connectivity index (χ1) is 21.1. The summed E-state index contributed by atoms with van der Waals surface area (Å²) in [6.45, 7) is 23.9. The van der Waals surface area contributed by atoms with Crippen LogP contribution in [0.4, 0.5) is 5.69 Å². The molecule has 0 aliphatic carbocycles. The van der Waals surface area contributed by atoms with Gasteiger partial charge < -0.3 is 24.5 Å². The first-order valence-electron chi connectivity index (χ1n) is 16.3. The van der Waals surface area contributed by atoms with Crippen LogP contribution >= 0.6 is 11.8 Å². The van der Waals surface area contributed by atoms with Gasteiger partial charge in [0.1, 0.15) is 11.8 Å². The summed E-state index contributed by atoms with van der Waals surface area (Å²) >= 11 is 1.67. The number of aliphatic hydroxyl groups excluding tert-OH is 1. The lowest BCUT2D eigenvalue weighted by Gasteiger charge is -2.46. The Morgan fingerprint density at radius 3 is 2.29 bits per heavy atom. The average molecular weight is 640 g/mol. The van der Waals surface area contributed by atoms with Gasteiger partial charge in [0, 0.05) is 42.2 Å². The summed E-state index contributed by atoms with van der Waals surface area (Å²) in [6, 6.07) is 6.70. The van der Waals surface area contributed by atoms with Gasteiger partial charge in [-0.05, 0) is 83.1 Å². The van der Waals surface area contributed by atoms with E-state index in [0.29, 0.717) is 38.2 Å². The number of amides is 3. The molecule has 0 aromatic heterocycles. The van der Waals surface area contributed by atoms with Crippen LogP contribution in [0, 0.1) is 17.3 Å². The average Bonchev–Trinajstić information content (AvgIpc) is 3.52. The van der Waals surface area contributed by atoms with Crippen molar-refractivity contribution in [2.45, 2.75) is 95.2 Å². The summed E-state index contributed by atoms with van der Waals surface area (Å²) < 4.78 is 4.37. The zero-order valence-electron chi connectivity index (χ0n) is 28.3. The Hall–Kier alpha value is -2.78. The molecule has 0 saturated carbocycles. The van der Waals surface area contributed by atoms with Crippen LogP contribution in [0.25, 0.3) is 0 Å². The van der Waals surface area contributed by atoms with Crippen molar-refractivity contribution in [3.05, 3.63) is 49.6 Å². The van der Waals surface area contributed by atoms with Gasteiger partial charge in [0.15, 0.2) is 0 Å². The number of nitrogens with zero attached hydrogens (tertiary/aromatic N) is 3. The van der Waals surface area contributed by atoms with Crippen LogP contribution in [-0.2, 0) is 14.4 Å². The van der Waals surface area contributed by atoms with Crippen molar-refractivity contribution in [3.63, 3.8) is 0 Å². The molecule has 3 amide bonds. The zero-order valence-corrected chi connectivity index (χ0v) is 29.1. The van der Waals surface area contributed by atoms with Crippen LogP contribution in [0.5, 0.6) is 5.75 Å². The number of aliphatic hydroxyl groups is 1. The van der Waals surface area contributed by atoms with Gasteiger partial charge in [-0.25, -0.2) is 0 Å². The normalized spacial score (nSPS) is 27.3. The molecule has 45 heavy (non-hydrogen) atoms. The minimum absolute atomic E-state index is 0.0346. The van der Waals surface area contributed by atoms with Crippen LogP contribution in [0.2, 0.25) is 0 Å². The van der Waals surface area contributed by atoms with Gasteiger partial charge in [-0.3, -0.25) is 14.4 Å². The molecule has 248 valence electrons. The lowest BCUT2D eigenvalue weighted by atomic mass is 9.66. The molecule has 3 aliphatic rings. The highest BCUT2D eigenvalue weighted by molar-refractivity contribution is 8.02. The summed E-state index contributed by atoms with van der Waals surface area (Å²) in [5.41, 5.74) is 0.177. The first-order valence-corrected chi connectivity index (χ1v) is 17.1. The summed E-state index contributed by atoms with van der Waals surface area (Å²) in [7, 11) is 0. The Labute approximate surface area is 274 Å². The van der Waals surface area contributed by atoms with Crippen LogP contribution < -0.4 is 9.64 Å². The predicted molar refractivity (Wildman–Crippen MR) is 182 cm³/mol. The van der Waals surface area contributed by atoms with Gasteiger partial charge in [-0.15, -0.1) is 24.9 Å². The van der Waals surface area contributed by atoms with Crippen LogP contribution in [0.15, 0.2) is 49.6 Å². The molecule has 1 N–H and O–H groups in total. The van der Waals surface area contributed by atoms with E-state index in [9.17, 15) is 19.5 Å². The van der Waals surface area contributed by atoms with Crippen molar-refractivity contribution in [3.8, 4) is 5.75 Å². The van der Waals surface area contributed by atoms with E-state index in [-0.39, 0.29) is 36.3 Å². The molecule has 2 unspecified atom stereocenters. The molecule has 1 aromatic carbocycles. The molecule has 3 aliphatic heterocycles. The molecule has 4 rings (SSSR count). The highest BCUT2D eigenvalue weighted by Crippen LogP contribution is 2.71. The number of ether oxygens (including phenoxy) is 1. The third-order valence-electron chi connectivity index (χ3n) is 9.64. The summed E-state index contributed by atoms with van der Waals surface area (Å²) in [6.07, 6.45) is 5.98. The molecule has 3 heterocycles. The Morgan fingerprint density at radius 1 is 1.09 bits per heavy atom. The number of carbonyl (C=O) groups excluding carboxylic acids is 3. The highest BCUT2D eigenvalue weighted by atomic mass is 32.2. The van der Waals surface area contributed by atoms with Crippen molar-refractivity contribution in [2.75, 3.05) is 37.7 Å². The standard InChI is InChI=1S/C36H53N3O5S/c1-10-20-37(25-14-16-26(17-15-25)44-12-3)30(41)27-28-31(42)38(22-13-23-40)29(36(28)19-18-35(27,9)45-36)32(43)39(21-11-2)34(7,8)24-33(4,5)6/h10-11,14-17,27-29,40H,1-2,12-13,18-24H2,3-9H3/t27-,28-,29?,35+,36?/m0/s1. The molecular weight excluding hydrogens is 586 g/mol. The van der Waals surface area contributed by atoms with E-state index in [0.717, 1.165) is 18.6 Å². The Kier molecular flexibility index (Phi) is 10.2. The number of hydrogen-bond donors (Lipinski definition) is 1. The number of benzene rings is 1. The molecule has 1 aromatic rings. The number of likely N-dealkylation sites (tertiary alicyclic amines) is 1. The van der Waals surface area contributed by atoms with E-state index in [1.54, 1.807) is 33.7 Å². The van der Waals surface area contributed by atoms with Crippen LogP contribution in [0.3, 0.4) is 0 Å². The molecule has 9 heteroatoms. The van der Waals surface area contributed by atoms with Gasteiger partial charge in [0.2, 0.25) is 17.7 Å². The predicted octanol–water partition coefficient (Wildman–Crippen LogP) is 5.70. The lowest BCUT2D eigenvalue weighted by molar-refractivity contribution is -0.146.